The molecule has 1 aliphatic heterocycles. The minimum atomic E-state index is -0.417. The number of benzene rings is 2. The van der Waals surface area contributed by atoms with E-state index in [2.05, 4.69) is 16.4 Å². The SMILES string of the molecule is COC(=O)[C@@H]1Cc2c([nH]c3ccccc23)C(c2ccc(OC)c(OC)c2)N1. The van der Waals surface area contributed by atoms with E-state index < -0.39 is 6.04 Å². The number of H-pyrrole nitrogens is 1. The van der Waals surface area contributed by atoms with E-state index >= 15 is 0 Å². The average molecular weight is 366 g/mol. The number of rotatable bonds is 4. The fraction of sp³-hybridized carbons (Fsp3) is 0.286. The maximum atomic E-state index is 12.3. The summed E-state index contributed by atoms with van der Waals surface area (Å²) < 4.78 is 15.8. The molecule has 0 bridgehead atoms. The molecule has 2 heterocycles. The molecule has 1 unspecified atom stereocenters. The van der Waals surface area contributed by atoms with E-state index in [0.29, 0.717) is 17.9 Å². The van der Waals surface area contributed by atoms with Crippen LogP contribution in [0.2, 0.25) is 0 Å². The fourth-order valence-corrected chi connectivity index (χ4v) is 3.82. The van der Waals surface area contributed by atoms with Crippen molar-refractivity contribution < 1.29 is 19.0 Å². The van der Waals surface area contributed by atoms with Gasteiger partial charge in [0.15, 0.2) is 11.5 Å². The number of hydrogen-bond acceptors (Lipinski definition) is 5. The Morgan fingerprint density at radius 1 is 1.04 bits per heavy atom. The summed E-state index contributed by atoms with van der Waals surface area (Å²) >= 11 is 0. The molecular weight excluding hydrogens is 344 g/mol. The molecule has 0 saturated heterocycles. The van der Waals surface area contributed by atoms with E-state index in [1.165, 1.54) is 7.11 Å². The van der Waals surface area contributed by atoms with E-state index in [9.17, 15) is 4.79 Å². The first-order valence-electron chi connectivity index (χ1n) is 8.81. The van der Waals surface area contributed by atoms with Gasteiger partial charge in [0.25, 0.3) is 0 Å². The van der Waals surface area contributed by atoms with Crippen LogP contribution >= 0.6 is 0 Å². The summed E-state index contributed by atoms with van der Waals surface area (Å²) in [6, 6.07) is 13.3. The molecule has 2 aromatic carbocycles. The number of fused-ring (bicyclic) bond motifs is 3. The number of ether oxygens (including phenoxy) is 3. The van der Waals surface area contributed by atoms with Crippen LogP contribution in [0, 0.1) is 0 Å². The molecule has 0 aliphatic carbocycles. The van der Waals surface area contributed by atoms with Gasteiger partial charge in [0.05, 0.1) is 27.4 Å². The zero-order valence-electron chi connectivity index (χ0n) is 15.5. The molecule has 0 radical (unpaired) electrons. The van der Waals surface area contributed by atoms with Crippen molar-refractivity contribution in [2.24, 2.45) is 0 Å². The summed E-state index contributed by atoms with van der Waals surface area (Å²) in [5.41, 5.74) is 4.23. The quantitative estimate of drug-likeness (QED) is 0.695. The van der Waals surface area contributed by atoms with Gasteiger partial charge < -0.3 is 19.2 Å². The summed E-state index contributed by atoms with van der Waals surface area (Å²) in [5, 5.41) is 4.56. The fourth-order valence-electron chi connectivity index (χ4n) is 3.82. The van der Waals surface area contributed by atoms with Gasteiger partial charge in [-0.25, -0.2) is 0 Å². The summed E-state index contributed by atoms with van der Waals surface area (Å²) in [5.74, 6) is 1.05. The lowest BCUT2D eigenvalue weighted by atomic mass is 9.90. The molecule has 27 heavy (non-hydrogen) atoms. The number of methoxy groups -OCH3 is 3. The van der Waals surface area contributed by atoms with Crippen LogP contribution in [-0.4, -0.2) is 38.3 Å². The van der Waals surface area contributed by atoms with Gasteiger partial charge in [-0.3, -0.25) is 10.1 Å². The maximum absolute atomic E-state index is 12.3. The second-order valence-corrected chi connectivity index (χ2v) is 6.56. The van der Waals surface area contributed by atoms with E-state index in [1.54, 1.807) is 14.2 Å². The van der Waals surface area contributed by atoms with Gasteiger partial charge in [0, 0.05) is 23.0 Å². The van der Waals surface area contributed by atoms with Gasteiger partial charge in [-0.1, -0.05) is 24.3 Å². The number of carbonyl (C=O) groups excluding carboxylic acids is 1. The molecule has 6 heteroatoms. The highest BCUT2D eigenvalue weighted by Crippen LogP contribution is 2.38. The molecule has 4 rings (SSSR count). The third-order valence-corrected chi connectivity index (χ3v) is 5.14. The van der Waals surface area contributed by atoms with E-state index in [4.69, 9.17) is 14.2 Å². The van der Waals surface area contributed by atoms with E-state index in [1.807, 2.05) is 36.4 Å². The number of carbonyl (C=O) groups is 1. The van der Waals surface area contributed by atoms with Crippen molar-refractivity contribution in [1.82, 2.24) is 10.3 Å². The summed E-state index contributed by atoms with van der Waals surface area (Å²) in [6.07, 6.45) is 0.579. The number of nitrogens with one attached hydrogen (secondary N) is 2. The van der Waals surface area contributed by atoms with Crippen LogP contribution in [0.25, 0.3) is 10.9 Å². The molecule has 2 atom stereocenters. The molecule has 0 spiro atoms. The molecule has 2 N–H and O–H groups in total. The molecule has 1 aliphatic rings. The Hall–Kier alpha value is -2.99. The Balaban J connectivity index is 1.86. The van der Waals surface area contributed by atoms with Crippen molar-refractivity contribution in [3.63, 3.8) is 0 Å². The summed E-state index contributed by atoms with van der Waals surface area (Å²) in [4.78, 5) is 15.8. The normalized spacial score (nSPS) is 18.8. The maximum Gasteiger partial charge on any atom is 0.323 e. The van der Waals surface area contributed by atoms with Gasteiger partial charge in [0.2, 0.25) is 0 Å². The lowest BCUT2D eigenvalue weighted by Crippen LogP contribution is -2.45. The second-order valence-electron chi connectivity index (χ2n) is 6.56. The lowest BCUT2D eigenvalue weighted by molar-refractivity contribution is -0.143. The van der Waals surface area contributed by atoms with Crippen molar-refractivity contribution in [2.75, 3.05) is 21.3 Å². The lowest BCUT2D eigenvalue weighted by Gasteiger charge is -2.30. The molecule has 0 saturated carbocycles. The van der Waals surface area contributed by atoms with Crippen molar-refractivity contribution in [1.29, 1.82) is 0 Å². The Morgan fingerprint density at radius 2 is 1.81 bits per heavy atom. The minimum absolute atomic E-state index is 0.190. The van der Waals surface area contributed by atoms with Crippen LogP contribution in [-0.2, 0) is 16.0 Å². The minimum Gasteiger partial charge on any atom is -0.493 e. The highest BCUT2D eigenvalue weighted by Gasteiger charge is 2.34. The van der Waals surface area contributed by atoms with Crippen molar-refractivity contribution >= 4 is 16.9 Å². The van der Waals surface area contributed by atoms with Crippen molar-refractivity contribution in [3.05, 3.63) is 59.3 Å². The zero-order chi connectivity index (χ0) is 19.0. The first-order chi connectivity index (χ1) is 13.2. The topological polar surface area (TPSA) is 72.6 Å². The zero-order valence-corrected chi connectivity index (χ0v) is 15.5. The first-order valence-corrected chi connectivity index (χ1v) is 8.81. The molecular formula is C21H22N2O4. The van der Waals surface area contributed by atoms with Crippen molar-refractivity contribution in [3.8, 4) is 11.5 Å². The van der Waals surface area contributed by atoms with Crippen LogP contribution in [0.4, 0.5) is 0 Å². The predicted molar refractivity (Wildman–Crippen MR) is 102 cm³/mol. The number of esters is 1. The number of hydrogen-bond donors (Lipinski definition) is 2. The van der Waals surface area contributed by atoms with E-state index in [0.717, 1.165) is 27.7 Å². The third-order valence-electron chi connectivity index (χ3n) is 5.14. The van der Waals surface area contributed by atoms with Gasteiger partial charge >= 0.3 is 5.97 Å². The van der Waals surface area contributed by atoms with Crippen LogP contribution in [0.15, 0.2) is 42.5 Å². The molecule has 6 nitrogen and oxygen atoms in total. The Bertz CT molecular complexity index is 995. The molecule has 0 amide bonds. The Kier molecular flexibility index (Phi) is 4.49. The molecule has 3 aromatic rings. The smallest absolute Gasteiger partial charge is 0.323 e. The standard InChI is InChI=1S/C21H22N2O4/c1-25-17-9-8-12(10-18(17)26-2)19-20-14(11-16(23-19)21(24)27-3)13-6-4-5-7-15(13)22-20/h4-10,16,19,22-23H,11H2,1-3H3/t16-,19?/m0/s1. The Labute approximate surface area is 157 Å². The van der Waals surface area contributed by atoms with Gasteiger partial charge in [-0.05, 0) is 29.3 Å². The summed E-state index contributed by atoms with van der Waals surface area (Å²) in [6.45, 7) is 0. The van der Waals surface area contributed by atoms with E-state index in [-0.39, 0.29) is 12.0 Å². The van der Waals surface area contributed by atoms with Gasteiger partial charge in [0.1, 0.15) is 6.04 Å². The number of para-hydroxylation sites is 1. The van der Waals surface area contributed by atoms with Gasteiger partial charge in [-0.2, -0.15) is 0 Å². The molecule has 0 fully saturated rings. The average Bonchev–Trinajstić information content (AvgIpc) is 3.10. The van der Waals surface area contributed by atoms with Crippen LogP contribution in [0.5, 0.6) is 11.5 Å². The predicted octanol–water partition coefficient (Wildman–Crippen LogP) is 2.96. The van der Waals surface area contributed by atoms with Crippen LogP contribution in [0.3, 0.4) is 0 Å². The third kappa shape index (κ3) is 2.92. The molecule has 1 aromatic heterocycles. The largest absolute Gasteiger partial charge is 0.493 e. The van der Waals surface area contributed by atoms with Crippen LogP contribution < -0.4 is 14.8 Å². The monoisotopic (exact) mass is 366 g/mol. The highest BCUT2D eigenvalue weighted by molar-refractivity contribution is 5.87. The van der Waals surface area contributed by atoms with Crippen LogP contribution in [0.1, 0.15) is 22.9 Å². The van der Waals surface area contributed by atoms with Gasteiger partial charge in [-0.15, -0.1) is 0 Å². The second kappa shape index (κ2) is 6.96. The Morgan fingerprint density at radius 3 is 2.56 bits per heavy atom. The van der Waals surface area contributed by atoms with Crippen molar-refractivity contribution in [2.45, 2.75) is 18.5 Å². The highest BCUT2D eigenvalue weighted by atomic mass is 16.5. The number of aromatic amines is 1. The molecule has 140 valence electrons. The number of aromatic nitrogens is 1. The summed E-state index contributed by atoms with van der Waals surface area (Å²) in [7, 11) is 4.64. The first kappa shape index (κ1) is 17.4.